The van der Waals surface area contributed by atoms with Crippen LogP contribution in [0.4, 0.5) is 8.78 Å². The van der Waals surface area contributed by atoms with Gasteiger partial charge in [0.1, 0.15) is 0 Å². The molecule has 5 heteroatoms. The summed E-state index contributed by atoms with van der Waals surface area (Å²) in [6, 6.07) is 1.06. The molecule has 1 amide bonds. The SMILES string of the molecule is O=Cc1cc2c(c(F)c1F)CNC2=O. The van der Waals surface area contributed by atoms with Crippen molar-refractivity contribution in [1.82, 2.24) is 5.32 Å². The van der Waals surface area contributed by atoms with Crippen LogP contribution in [0.15, 0.2) is 6.07 Å². The fraction of sp³-hybridized carbons (Fsp3) is 0.111. The monoisotopic (exact) mass is 197 g/mol. The van der Waals surface area contributed by atoms with Crippen molar-refractivity contribution in [1.29, 1.82) is 0 Å². The third-order valence-electron chi connectivity index (χ3n) is 2.13. The van der Waals surface area contributed by atoms with E-state index in [-0.39, 0.29) is 24.0 Å². The number of rotatable bonds is 1. The van der Waals surface area contributed by atoms with Crippen LogP contribution in [0.2, 0.25) is 0 Å². The molecule has 0 aromatic heterocycles. The number of amides is 1. The van der Waals surface area contributed by atoms with Gasteiger partial charge in [0.2, 0.25) is 0 Å². The second-order valence-corrected chi connectivity index (χ2v) is 2.92. The molecule has 3 nitrogen and oxygen atoms in total. The summed E-state index contributed by atoms with van der Waals surface area (Å²) >= 11 is 0. The average Bonchev–Trinajstić information content (AvgIpc) is 2.54. The highest BCUT2D eigenvalue weighted by Crippen LogP contribution is 2.23. The van der Waals surface area contributed by atoms with E-state index in [2.05, 4.69) is 5.32 Å². The number of nitrogens with one attached hydrogen (secondary N) is 1. The quantitative estimate of drug-likeness (QED) is 0.683. The highest BCUT2D eigenvalue weighted by molar-refractivity contribution is 5.99. The molecule has 0 bridgehead atoms. The lowest BCUT2D eigenvalue weighted by atomic mass is 10.1. The van der Waals surface area contributed by atoms with Crippen molar-refractivity contribution in [2.24, 2.45) is 0 Å². The van der Waals surface area contributed by atoms with Crippen molar-refractivity contribution < 1.29 is 18.4 Å². The van der Waals surface area contributed by atoms with Gasteiger partial charge in [-0.25, -0.2) is 8.78 Å². The summed E-state index contributed by atoms with van der Waals surface area (Å²) in [7, 11) is 0. The smallest absolute Gasteiger partial charge is 0.252 e. The minimum absolute atomic E-state index is 0.0156. The van der Waals surface area contributed by atoms with Crippen LogP contribution in [0.1, 0.15) is 26.3 Å². The number of hydrogen-bond donors (Lipinski definition) is 1. The van der Waals surface area contributed by atoms with Crippen LogP contribution in [0.25, 0.3) is 0 Å². The van der Waals surface area contributed by atoms with Crippen molar-refractivity contribution >= 4 is 12.2 Å². The molecular formula is C9H5F2NO2. The Kier molecular flexibility index (Phi) is 1.80. The maximum Gasteiger partial charge on any atom is 0.252 e. The number of fused-ring (bicyclic) bond motifs is 1. The molecule has 0 saturated heterocycles. The summed E-state index contributed by atoms with van der Waals surface area (Å²) in [4.78, 5) is 21.4. The first kappa shape index (κ1) is 8.80. The molecule has 72 valence electrons. The molecule has 0 atom stereocenters. The zero-order valence-corrected chi connectivity index (χ0v) is 6.93. The molecule has 1 aromatic carbocycles. The fourth-order valence-corrected chi connectivity index (χ4v) is 1.41. The third-order valence-corrected chi connectivity index (χ3v) is 2.13. The molecule has 0 fully saturated rings. The topological polar surface area (TPSA) is 46.2 Å². The zero-order valence-electron chi connectivity index (χ0n) is 6.93. The standard InChI is InChI=1S/C9H5F2NO2/c10-7-4(3-13)1-5-6(8(7)11)2-12-9(5)14/h1,3H,2H2,(H,12,14). The maximum atomic E-state index is 13.2. The van der Waals surface area contributed by atoms with Crippen molar-refractivity contribution in [2.75, 3.05) is 0 Å². The van der Waals surface area contributed by atoms with Gasteiger partial charge in [0.15, 0.2) is 17.9 Å². The Bertz CT molecular complexity index is 443. The number of aldehydes is 1. The van der Waals surface area contributed by atoms with Gasteiger partial charge in [-0.3, -0.25) is 9.59 Å². The summed E-state index contributed by atoms with van der Waals surface area (Å²) in [5.41, 5.74) is -0.414. The van der Waals surface area contributed by atoms with Gasteiger partial charge in [0.25, 0.3) is 5.91 Å². The van der Waals surface area contributed by atoms with Crippen molar-refractivity contribution in [2.45, 2.75) is 6.54 Å². The molecule has 0 radical (unpaired) electrons. The normalized spacial score (nSPS) is 13.7. The summed E-state index contributed by atoms with van der Waals surface area (Å²) in [5.74, 6) is -2.81. The minimum Gasteiger partial charge on any atom is -0.348 e. The van der Waals surface area contributed by atoms with Crippen molar-refractivity contribution in [3.8, 4) is 0 Å². The van der Waals surface area contributed by atoms with E-state index in [1.165, 1.54) is 0 Å². The third kappa shape index (κ3) is 1.02. The molecule has 0 unspecified atom stereocenters. The van der Waals surface area contributed by atoms with Crippen LogP contribution in [-0.4, -0.2) is 12.2 Å². The Morgan fingerprint density at radius 2 is 2.07 bits per heavy atom. The highest BCUT2D eigenvalue weighted by Gasteiger charge is 2.26. The Morgan fingerprint density at radius 1 is 1.36 bits per heavy atom. The molecule has 1 heterocycles. The molecule has 0 aliphatic carbocycles. The molecule has 1 aromatic rings. The zero-order chi connectivity index (χ0) is 10.3. The van der Waals surface area contributed by atoms with Crippen molar-refractivity contribution in [3.05, 3.63) is 34.4 Å². The van der Waals surface area contributed by atoms with Gasteiger partial charge in [0.05, 0.1) is 5.56 Å². The van der Waals surface area contributed by atoms with E-state index in [1.54, 1.807) is 0 Å². The van der Waals surface area contributed by atoms with Crippen LogP contribution in [0.5, 0.6) is 0 Å². The average molecular weight is 197 g/mol. The van der Waals surface area contributed by atoms with Crippen LogP contribution >= 0.6 is 0 Å². The lowest BCUT2D eigenvalue weighted by Gasteiger charge is -2.01. The Balaban J connectivity index is 2.74. The largest absolute Gasteiger partial charge is 0.348 e. The van der Waals surface area contributed by atoms with Crippen LogP contribution < -0.4 is 5.32 Å². The summed E-state index contributed by atoms with van der Waals surface area (Å²) in [6.07, 6.45) is 0.185. The molecule has 2 rings (SSSR count). The second-order valence-electron chi connectivity index (χ2n) is 2.92. The van der Waals surface area contributed by atoms with E-state index in [9.17, 15) is 18.4 Å². The lowest BCUT2D eigenvalue weighted by molar-refractivity contribution is 0.0965. The molecule has 14 heavy (non-hydrogen) atoms. The maximum absolute atomic E-state index is 13.2. The lowest BCUT2D eigenvalue weighted by Crippen LogP contribution is -2.12. The number of halogens is 2. The van der Waals surface area contributed by atoms with E-state index < -0.39 is 23.1 Å². The predicted molar refractivity (Wildman–Crippen MR) is 42.9 cm³/mol. The minimum atomic E-state index is -1.20. The van der Waals surface area contributed by atoms with Crippen LogP contribution in [0.3, 0.4) is 0 Å². The predicted octanol–water partition coefficient (Wildman–Crippen LogP) is 1.02. The van der Waals surface area contributed by atoms with Gasteiger partial charge >= 0.3 is 0 Å². The van der Waals surface area contributed by atoms with E-state index in [0.717, 1.165) is 6.07 Å². The van der Waals surface area contributed by atoms with Gasteiger partial charge in [-0.1, -0.05) is 0 Å². The molecule has 0 saturated carbocycles. The van der Waals surface area contributed by atoms with Crippen LogP contribution in [-0.2, 0) is 6.54 Å². The van der Waals surface area contributed by atoms with E-state index in [0.29, 0.717) is 0 Å². The Hall–Kier alpha value is -1.78. The van der Waals surface area contributed by atoms with Gasteiger partial charge in [-0.2, -0.15) is 0 Å². The van der Waals surface area contributed by atoms with Gasteiger partial charge < -0.3 is 5.32 Å². The molecule has 1 N–H and O–H groups in total. The highest BCUT2D eigenvalue weighted by atomic mass is 19.2. The second kappa shape index (κ2) is 2.87. The van der Waals surface area contributed by atoms with Crippen LogP contribution in [0, 0.1) is 11.6 Å². The van der Waals surface area contributed by atoms with E-state index >= 15 is 0 Å². The Morgan fingerprint density at radius 3 is 2.71 bits per heavy atom. The molecule has 1 aliphatic rings. The fourth-order valence-electron chi connectivity index (χ4n) is 1.41. The van der Waals surface area contributed by atoms with Gasteiger partial charge in [-0.15, -0.1) is 0 Å². The Labute approximate surface area is 77.7 Å². The first-order valence-electron chi connectivity index (χ1n) is 3.89. The number of carbonyl (C=O) groups is 2. The first-order chi connectivity index (χ1) is 6.65. The van der Waals surface area contributed by atoms with Crippen molar-refractivity contribution in [3.63, 3.8) is 0 Å². The molecular weight excluding hydrogens is 192 g/mol. The first-order valence-corrected chi connectivity index (χ1v) is 3.89. The van der Waals surface area contributed by atoms with E-state index in [1.807, 2.05) is 0 Å². The summed E-state index contributed by atoms with van der Waals surface area (Å²) in [5, 5.41) is 2.34. The van der Waals surface area contributed by atoms with Gasteiger partial charge in [0, 0.05) is 17.7 Å². The van der Waals surface area contributed by atoms with Gasteiger partial charge in [-0.05, 0) is 6.07 Å². The molecule has 1 aliphatic heterocycles. The van der Waals surface area contributed by atoms with E-state index in [4.69, 9.17) is 0 Å². The summed E-state index contributed by atoms with van der Waals surface area (Å²) < 4.78 is 26.2. The number of carbonyl (C=O) groups excluding carboxylic acids is 2. The molecule has 0 spiro atoms. The summed E-state index contributed by atoms with van der Waals surface area (Å²) in [6.45, 7) is -0.0317. The number of benzene rings is 1. The number of hydrogen-bond acceptors (Lipinski definition) is 2.